The summed E-state index contributed by atoms with van der Waals surface area (Å²) < 4.78 is 21.0. The molecule has 0 unspecified atom stereocenters. The van der Waals surface area contributed by atoms with Crippen LogP contribution in [-0.2, 0) is 30.9 Å². The Balaban J connectivity index is 1.36. The van der Waals surface area contributed by atoms with Crippen molar-refractivity contribution in [2.75, 3.05) is 13.7 Å². The lowest BCUT2D eigenvalue weighted by atomic mass is 10.00. The van der Waals surface area contributed by atoms with Crippen LogP contribution < -0.4 is 10.2 Å². The van der Waals surface area contributed by atoms with E-state index < -0.39 is 5.97 Å². The first-order chi connectivity index (χ1) is 14.1. The molecule has 0 bridgehead atoms. The Morgan fingerprint density at radius 1 is 1.14 bits per heavy atom. The first-order valence-electron chi connectivity index (χ1n) is 9.33. The molecular weight excluding hydrogens is 374 g/mol. The summed E-state index contributed by atoms with van der Waals surface area (Å²) in [7, 11) is 1.27. The molecule has 7 heteroatoms. The molecule has 0 radical (unpaired) electrons. The van der Waals surface area contributed by atoms with Gasteiger partial charge in [-0.25, -0.2) is 4.79 Å². The van der Waals surface area contributed by atoms with Crippen LogP contribution in [0.5, 0.6) is 5.75 Å². The Hall–Kier alpha value is -3.32. The van der Waals surface area contributed by atoms with Crippen LogP contribution in [0.1, 0.15) is 33.2 Å². The van der Waals surface area contributed by atoms with Gasteiger partial charge in [0.2, 0.25) is 16.9 Å². The van der Waals surface area contributed by atoms with Crippen molar-refractivity contribution in [2.45, 2.75) is 26.1 Å². The van der Waals surface area contributed by atoms with E-state index in [1.165, 1.54) is 36.6 Å². The molecule has 1 aliphatic heterocycles. The summed E-state index contributed by atoms with van der Waals surface area (Å²) >= 11 is 0. The first kappa shape index (κ1) is 19.0. The zero-order chi connectivity index (χ0) is 20.2. The van der Waals surface area contributed by atoms with E-state index in [2.05, 4.69) is 27.8 Å². The van der Waals surface area contributed by atoms with Gasteiger partial charge in [0.15, 0.2) is 0 Å². The SMILES string of the molecule is COC(=O)c1ccc(COc2coc(CN3CCc4ccccc4C3)cc2=O)o1. The predicted molar refractivity (Wildman–Crippen MR) is 104 cm³/mol. The van der Waals surface area contributed by atoms with E-state index in [1.807, 2.05) is 6.07 Å². The molecule has 0 saturated carbocycles. The van der Waals surface area contributed by atoms with Crippen molar-refractivity contribution in [3.63, 3.8) is 0 Å². The van der Waals surface area contributed by atoms with Crippen molar-refractivity contribution < 1.29 is 23.1 Å². The molecule has 150 valence electrons. The monoisotopic (exact) mass is 395 g/mol. The van der Waals surface area contributed by atoms with Gasteiger partial charge >= 0.3 is 5.97 Å². The molecule has 1 aromatic carbocycles. The van der Waals surface area contributed by atoms with E-state index in [9.17, 15) is 9.59 Å². The van der Waals surface area contributed by atoms with Crippen LogP contribution in [0.3, 0.4) is 0 Å². The number of methoxy groups -OCH3 is 1. The summed E-state index contributed by atoms with van der Waals surface area (Å²) in [6, 6.07) is 12.9. The Morgan fingerprint density at radius 2 is 1.97 bits per heavy atom. The molecule has 2 aromatic heterocycles. The van der Waals surface area contributed by atoms with Crippen molar-refractivity contribution in [1.29, 1.82) is 0 Å². The topological polar surface area (TPSA) is 82.1 Å². The minimum absolute atomic E-state index is 0.00398. The van der Waals surface area contributed by atoms with E-state index in [-0.39, 0.29) is 23.5 Å². The number of hydrogen-bond donors (Lipinski definition) is 0. The zero-order valence-corrected chi connectivity index (χ0v) is 16.1. The maximum Gasteiger partial charge on any atom is 0.373 e. The standard InChI is InChI=1S/C22H21NO6/c1-26-22(25)20-7-6-17(29-20)13-28-21-14-27-18(10-19(21)24)12-23-9-8-15-4-2-3-5-16(15)11-23/h2-7,10,14H,8-9,11-13H2,1H3. The lowest BCUT2D eigenvalue weighted by Crippen LogP contribution is -2.30. The van der Waals surface area contributed by atoms with Gasteiger partial charge in [0.25, 0.3) is 0 Å². The Kier molecular flexibility index (Phi) is 5.48. The van der Waals surface area contributed by atoms with Gasteiger partial charge in [-0.2, -0.15) is 0 Å². The summed E-state index contributed by atoms with van der Waals surface area (Å²) in [6.45, 7) is 2.31. The Morgan fingerprint density at radius 3 is 2.76 bits per heavy atom. The second kappa shape index (κ2) is 8.36. The quantitative estimate of drug-likeness (QED) is 0.593. The molecule has 0 spiro atoms. The minimum atomic E-state index is -0.569. The molecule has 0 fully saturated rings. The lowest BCUT2D eigenvalue weighted by molar-refractivity contribution is 0.0561. The van der Waals surface area contributed by atoms with Crippen molar-refractivity contribution in [3.05, 3.63) is 87.4 Å². The van der Waals surface area contributed by atoms with Crippen molar-refractivity contribution in [3.8, 4) is 5.75 Å². The number of carbonyl (C=O) groups is 1. The highest BCUT2D eigenvalue weighted by atomic mass is 16.5. The fourth-order valence-corrected chi connectivity index (χ4v) is 3.35. The summed E-state index contributed by atoms with van der Waals surface area (Å²) in [5.41, 5.74) is 2.43. The van der Waals surface area contributed by atoms with Crippen LogP contribution in [0.25, 0.3) is 0 Å². The van der Waals surface area contributed by atoms with E-state index in [1.54, 1.807) is 6.07 Å². The normalized spacial score (nSPS) is 13.7. The molecule has 0 amide bonds. The maximum atomic E-state index is 12.4. The van der Waals surface area contributed by atoms with E-state index >= 15 is 0 Å². The highest BCUT2D eigenvalue weighted by molar-refractivity contribution is 5.86. The average molecular weight is 395 g/mol. The van der Waals surface area contributed by atoms with Gasteiger partial charge in [-0.3, -0.25) is 9.69 Å². The Bertz CT molecular complexity index is 1070. The van der Waals surface area contributed by atoms with Crippen LogP contribution in [0.15, 0.2) is 62.4 Å². The molecule has 3 heterocycles. The highest BCUT2D eigenvalue weighted by Gasteiger charge is 2.17. The summed E-state index contributed by atoms with van der Waals surface area (Å²) in [5, 5.41) is 0. The number of furan rings is 1. The summed E-state index contributed by atoms with van der Waals surface area (Å²) in [5.74, 6) is 0.597. The summed E-state index contributed by atoms with van der Waals surface area (Å²) in [4.78, 5) is 26.0. The number of ether oxygens (including phenoxy) is 2. The van der Waals surface area contributed by atoms with Crippen LogP contribution in [-0.4, -0.2) is 24.5 Å². The van der Waals surface area contributed by atoms with Crippen molar-refractivity contribution in [1.82, 2.24) is 4.90 Å². The smallest absolute Gasteiger partial charge is 0.373 e. The first-order valence-corrected chi connectivity index (χ1v) is 9.33. The lowest BCUT2D eigenvalue weighted by Gasteiger charge is -2.28. The van der Waals surface area contributed by atoms with E-state index in [4.69, 9.17) is 13.6 Å². The maximum absolute atomic E-state index is 12.4. The molecule has 7 nitrogen and oxygen atoms in total. The van der Waals surface area contributed by atoms with Gasteiger partial charge in [0.05, 0.1) is 13.7 Å². The second-order valence-corrected chi connectivity index (χ2v) is 6.85. The van der Waals surface area contributed by atoms with E-state index in [0.29, 0.717) is 18.1 Å². The number of esters is 1. The molecule has 0 N–H and O–H groups in total. The number of benzene rings is 1. The van der Waals surface area contributed by atoms with Gasteiger partial charge in [-0.05, 0) is 29.7 Å². The van der Waals surface area contributed by atoms with Gasteiger partial charge in [-0.15, -0.1) is 0 Å². The molecule has 0 atom stereocenters. The third-order valence-electron chi connectivity index (χ3n) is 4.86. The molecule has 1 aliphatic rings. The fourth-order valence-electron chi connectivity index (χ4n) is 3.35. The second-order valence-electron chi connectivity index (χ2n) is 6.85. The number of nitrogens with zero attached hydrogens (tertiary/aromatic N) is 1. The third kappa shape index (κ3) is 4.41. The molecule has 0 aliphatic carbocycles. The number of rotatable bonds is 6. The van der Waals surface area contributed by atoms with Crippen LogP contribution in [0.4, 0.5) is 0 Å². The largest absolute Gasteiger partial charge is 0.479 e. The van der Waals surface area contributed by atoms with Gasteiger partial charge in [-0.1, -0.05) is 24.3 Å². The average Bonchev–Trinajstić information content (AvgIpc) is 3.21. The summed E-state index contributed by atoms with van der Waals surface area (Å²) in [6.07, 6.45) is 2.30. The fraction of sp³-hybridized carbons (Fsp3) is 0.273. The zero-order valence-electron chi connectivity index (χ0n) is 16.1. The van der Waals surface area contributed by atoms with Gasteiger partial charge in [0, 0.05) is 19.2 Å². The minimum Gasteiger partial charge on any atom is -0.479 e. The van der Waals surface area contributed by atoms with Crippen molar-refractivity contribution >= 4 is 5.97 Å². The number of hydrogen-bond acceptors (Lipinski definition) is 7. The molecule has 0 saturated heterocycles. The van der Waals surface area contributed by atoms with Crippen LogP contribution in [0, 0.1) is 0 Å². The molecular formula is C22H21NO6. The molecule has 3 aromatic rings. The number of carbonyl (C=O) groups excluding carboxylic acids is 1. The van der Waals surface area contributed by atoms with Crippen molar-refractivity contribution in [2.24, 2.45) is 0 Å². The van der Waals surface area contributed by atoms with Gasteiger partial charge < -0.3 is 18.3 Å². The van der Waals surface area contributed by atoms with Crippen LogP contribution >= 0.6 is 0 Å². The highest BCUT2D eigenvalue weighted by Crippen LogP contribution is 2.20. The predicted octanol–water partition coefficient (Wildman–Crippen LogP) is 3.16. The molecule has 4 rings (SSSR count). The molecule has 29 heavy (non-hydrogen) atoms. The van der Waals surface area contributed by atoms with Crippen LogP contribution in [0.2, 0.25) is 0 Å². The van der Waals surface area contributed by atoms with Gasteiger partial charge in [0.1, 0.15) is 24.4 Å². The van der Waals surface area contributed by atoms with E-state index in [0.717, 1.165) is 19.5 Å². The third-order valence-corrected chi connectivity index (χ3v) is 4.86. The number of fused-ring (bicyclic) bond motifs is 1. The Labute approximate surface area is 167 Å².